The third kappa shape index (κ3) is 3.89. The van der Waals surface area contributed by atoms with E-state index in [9.17, 15) is 0 Å². The number of furan rings is 1. The molecule has 0 atom stereocenters. The monoisotopic (exact) mass is 561 g/mol. The number of hydrogen-bond donors (Lipinski definition) is 0. The highest BCUT2D eigenvalue weighted by Gasteiger charge is 2.16. The predicted octanol–water partition coefficient (Wildman–Crippen LogP) is 12.2. The summed E-state index contributed by atoms with van der Waals surface area (Å²) in [6.07, 6.45) is 0. The summed E-state index contributed by atoms with van der Waals surface area (Å²) < 4.78 is 6.13. The maximum Gasteiger partial charge on any atom is 0.135 e. The number of para-hydroxylation sites is 2. The van der Waals surface area contributed by atoms with Gasteiger partial charge < -0.3 is 9.32 Å². The Hall–Kier alpha value is -5.86. The summed E-state index contributed by atoms with van der Waals surface area (Å²) in [6.45, 7) is 0. The number of hydrogen-bond acceptors (Lipinski definition) is 2. The lowest BCUT2D eigenvalue weighted by Crippen LogP contribution is -2.09. The zero-order chi connectivity index (χ0) is 29.0. The van der Waals surface area contributed by atoms with Gasteiger partial charge in [0.2, 0.25) is 0 Å². The van der Waals surface area contributed by atoms with Crippen molar-refractivity contribution in [2.45, 2.75) is 0 Å². The van der Waals surface area contributed by atoms with Gasteiger partial charge in [0.25, 0.3) is 0 Å². The van der Waals surface area contributed by atoms with Crippen LogP contribution < -0.4 is 4.90 Å². The summed E-state index contributed by atoms with van der Waals surface area (Å²) in [5, 5.41) is 9.92. The topological polar surface area (TPSA) is 16.4 Å². The van der Waals surface area contributed by atoms with Crippen LogP contribution in [0, 0.1) is 0 Å². The Morgan fingerprint density at radius 1 is 0.364 bits per heavy atom. The van der Waals surface area contributed by atoms with Crippen molar-refractivity contribution in [3.05, 3.63) is 164 Å². The number of nitrogens with zero attached hydrogens (tertiary/aromatic N) is 1. The number of rotatable bonds is 4. The molecule has 9 rings (SSSR count). The first-order chi connectivity index (χ1) is 21.8. The van der Waals surface area contributed by atoms with E-state index < -0.39 is 0 Å². The molecule has 2 nitrogen and oxygen atoms in total. The first-order valence-electron chi connectivity index (χ1n) is 15.0. The van der Waals surface area contributed by atoms with Crippen LogP contribution in [0.1, 0.15) is 0 Å². The Kier molecular flexibility index (Phi) is 5.54. The maximum absolute atomic E-state index is 6.13. The molecular formula is C42H27NO. The van der Waals surface area contributed by atoms with Gasteiger partial charge in [0, 0.05) is 27.8 Å². The molecule has 0 spiro atoms. The molecule has 206 valence electrons. The number of benzene rings is 8. The van der Waals surface area contributed by atoms with Crippen molar-refractivity contribution in [2.24, 2.45) is 0 Å². The standard InChI is InChI=1S/C42H27NO/c1-2-11-31(12-3-1)43(33-23-26-41-39(27-33)37-14-6-7-16-40(37)44-41)32-21-17-29(18-22-32)35-15-8-10-30-20-24-36-34-13-5-4-9-28(34)19-25-38(36)42(30)35/h1-27H. The first kappa shape index (κ1) is 24.7. The van der Waals surface area contributed by atoms with Crippen LogP contribution in [0.2, 0.25) is 0 Å². The highest BCUT2D eigenvalue weighted by atomic mass is 16.3. The maximum atomic E-state index is 6.13. The van der Waals surface area contributed by atoms with Crippen LogP contribution >= 0.6 is 0 Å². The molecule has 9 aromatic rings. The van der Waals surface area contributed by atoms with Gasteiger partial charge in [0.05, 0.1) is 0 Å². The van der Waals surface area contributed by atoms with E-state index in [1.165, 1.54) is 43.4 Å². The van der Waals surface area contributed by atoms with Gasteiger partial charge in [-0.2, -0.15) is 0 Å². The van der Waals surface area contributed by atoms with Crippen molar-refractivity contribution in [3.63, 3.8) is 0 Å². The first-order valence-corrected chi connectivity index (χ1v) is 15.0. The summed E-state index contributed by atoms with van der Waals surface area (Å²) >= 11 is 0. The normalized spacial score (nSPS) is 11.6. The van der Waals surface area contributed by atoms with Crippen molar-refractivity contribution in [2.75, 3.05) is 4.90 Å². The van der Waals surface area contributed by atoms with E-state index in [0.29, 0.717) is 0 Å². The lowest BCUT2D eigenvalue weighted by Gasteiger charge is -2.25. The summed E-state index contributed by atoms with van der Waals surface area (Å²) in [5.74, 6) is 0. The number of anilines is 3. The van der Waals surface area contributed by atoms with Gasteiger partial charge in [-0.25, -0.2) is 0 Å². The molecular weight excluding hydrogens is 534 g/mol. The zero-order valence-corrected chi connectivity index (χ0v) is 23.9. The zero-order valence-electron chi connectivity index (χ0n) is 23.9. The predicted molar refractivity (Wildman–Crippen MR) is 186 cm³/mol. The third-order valence-corrected chi connectivity index (χ3v) is 8.84. The number of fused-ring (bicyclic) bond motifs is 8. The quantitative estimate of drug-likeness (QED) is 0.199. The van der Waals surface area contributed by atoms with E-state index in [2.05, 4.69) is 157 Å². The Balaban J connectivity index is 1.20. The highest BCUT2D eigenvalue weighted by Crippen LogP contribution is 2.41. The average molecular weight is 562 g/mol. The molecule has 0 saturated heterocycles. The molecule has 0 amide bonds. The summed E-state index contributed by atoms with van der Waals surface area (Å²) in [7, 11) is 0. The smallest absolute Gasteiger partial charge is 0.135 e. The van der Waals surface area contributed by atoms with Gasteiger partial charge >= 0.3 is 0 Å². The van der Waals surface area contributed by atoms with Crippen molar-refractivity contribution in [1.82, 2.24) is 0 Å². The molecule has 1 aromatic heterocycles. The fourth-order valence-electron chi connectivity index (χ4n) is 6.78. The Morgan fingerprint density at radius 2 is 1.02 bits per heavy atom. The van der Waals surface area contributed by atoms with Gasteiger partial charge in [-0.1, -0.05) is 115 Å². The summed E-state index contributed by atoms with van der Waals surface area (Å²) in [5.41, 5.74) is 7.54. The van der Waals surface area contributed by atoms with E-state index in [1.807, 2.05) is 12.1 Å². The van der Waals surface area contributed by atoms with E-state index in [4.69, 9.17) is 4.42 Å². The van der Waals surface area contributed by atoms with E-state index in [1.54, 1.807) is 0 Å². The summed E-state index contributed by atoms with van der Waals surface area (Å²) in [6, 6.07) is 58.6. The van der Waals surface area contributed by atoms with Gasteiger partial charge in [-0.15, -0.1) is 0 Å². The SMILES string of the molecule is c1ccc(N(c2ccc(-c3cccc4ccc5c6ccccc6ccc5c34)cc2)c2ccc3oc4ccccc4c3c2)cc1. The lowest BCUT2D eigenvalue weighted by molar-refractivity contribution is 0.669. The molecule has 0 N–H and O–H groups in total. The molecule has 0 unspecified atom stereocenters. The minimum atomic E-state index is 0.897. The fourth-order valence-corrected chi connectivity index (χ4v) is 6.78. The molecule has 0 saturated carbocycles. The Morgan fingerprint density at radius 3 is 1.91 bits per heavy atom. The van der Waals surface area contributed by atoms with E-state index in [-0.39, 0.29) is 0 Å². The van der Waals surface area contributed by atoms with Crippen LogP contribution in [0.5, 0.6) is 0 Å². The van der Waals surface area contributed by atoms with Gasteiger partial charge in [0.1, 0.15) is 11.2 Å². The van der Waals surface area contributed by atoms with Gasteiger partial charge in [0.15, 0.2) is 0 Å². The summed E-state index contributed by atoms with van der Waals surface area (Å²) in [4.78, 5) is 2.32. The lowest BCUT2D eigenvalue weighted by atomic mass is 9.91. The molecule has 0 aliphatic carbocycles. The molecule has 0 radical (unpaired) electrons. The third-order valence-electron chi connectivity index (χ3n) is 8.84. The largest absolute Gasteiger partial charge is 0.456 e. The van der Waals surface area contributed by atoms with Crippen LogP contribution in [0.3, 0.4) is 0 Å². The van der Waals surface area contributed by atoms with Crippen LogP contribution in [0.25, 0.3) is 65.4 Å². The second kappa shape index (κ2) is 9.86. The Labute approximate surface area is 255 Å². The second-order valence-electron chi connectivity index (χ2n) is 11.3. The van der Waals surface area contributed by atoms with Crippen molar-refractivity contribution in [3.8, 4) is 11.1 Å². The minimum absolute atomic E-state index is 0.897. The molecule has 2 heteroatoms. The molecule has 0 fully saturated rings. The molecule has 8 aromatic carbocycles. The van der Waals surface area contributed by atoms with Gasteiger partial charge in [-0.05, 0) is 92.0 Å². The van der Waals surface area contributed by atoms with Crippen molar-refractivity contribution < 1.29 is 4.42 Å². The molecule has 0 aliphatic rings. The van der Waals surface area contributed by atoms with Crippen LogP contribution in [-0.4, -0.2) is 0 Å². The van der Waals surface area contributed by atoms with Crippen molar-refractivity contribution in [1.29, 1.82) is 0 Å². The average Bonchev–Trinajstić information content (AvgIpc) is 3.47. The fraction of sp³-hybridized carbons (Fsp3) is 0. The van der Waals surface area contributed by atoms with Crippen LogP contribution in [-0.2, 0) is 0 Å². The highest BCUT2D eigenvalue weighted by molar-refractivity contribution is 6.21. The molecule has 1 heterocycles. The van der Waals surface area contributed by atoms with Crippen molar-refractivity contribution >= 4 is 71.3 Å². The minimum Gasteiger partial charge on any atom is -0.456 e. The van der Waals surface area contributed by atoms with Crippen LogP contribution in [0.15, 0.2) is 168 Å². The second-order valence-corrected chi connectivity index (χ2v) is 11.3. The van der Waals surface area contributed by atoms with Gasteiger partial charge in [-0.3, -0.25) is 0 Å². The van der Waals surface area contributed by atoms with E-state index in [0.717, 1.165) is 39.0 Å². The Bertz CT molecular complexity index is 2490. The van der Waals surface area contributed by atoms with Crippen LogP contribution in [0.4, 0.5) is 17.1 Å². The molecule has 44 heavy (non-hydrogen) atoms. The molecule has 0 bridgehead atoms. The molecule has 0 aliphatic heterocycles. The van der Waals surface area contributed by atoms with E-state index >= 15 is 0 Å².